The maximum atomic E-state index is 12.6. The van der Waals surface area contributed by atoms with Crippen molar-refractivity contribution in [2.45, 2.75) is 77.2 Å². The van der Waals surface area contributed by atoms with E-state index in [1.54, 1.807) is 23.1 Å². The van der Waals surface area contributed by atoms with Crippen LogP contribution in [0.4, 0.5) is 4.79 Å². The van der Waals surface area contributed by atoms with E-state index >= 15 is 0 Å². The molecule has 3 rings (SSSR count). The van der Waals surface area contributed by atoms with Gasteiger partial charge in [0.15, 0.2) is 0 Å². The summed E-state index contributed by atoms with van der Waals surface area (Å²) in [6, 6.07) is 6.82. The number of rotatable bonds is 6. The molecule has 0 aromatic heterocycles. The molecule has 1 aliphatic carbocycles. The Morgan fingerprint density at radius 3 is 2.44 bits per heavy atom. The summed E-state index contributed by atoms with van der Waals surface area (Å²) < 4.78 is 11.5. The highest BCUT2D eigenvalue weighted by molar-refractivity contribution is 6.42. The first-order valence-corrected chi connectivity index (χ1v) is 13.5. The van der Waals surface area contributed by atoms with Crippen molar-refractivity contribution in [2.75, 3.05) is 19.6 Å². The number of nitriles is 1. The Balaban J connectivity index is 1.41. The van der Waals surface area contributed by atoms with Crippen LogP contribution in [0.25, 0.3) is 0 Å². The number of carbonyl (C=O) groups excluding carboxylic acids is 2. The van der Waals surface area contributed by atoms with Crippen molar-refractivity contribution in [3.63, 3.8) is 0 Å². The molecule has 0 bridgehead atoms. The lowest BCUT2D eigenvalue weighted by molar-refractivity contribution is -0.115. The van der Waals surface area contributed by atoms with E-state index in [1.165, 1.54) is 12.2 Å². The molecule has 1 saturated carbocycles. The molecule has 1 atom stereocenters. The number of piperazine rings is 1. The lowest BCUT2D eigenvalue weighted by Crippen LogP contribution is -2.56. The lowest BCUT2D eigenvalue weighted by Gasteiger charge is -2.40. The Labute approximate surface area is 234 Å². The van der Waals surface area contributed by atoms with E-state index < -0.39 is 11.5 Å². The number of carbonyl (C=O) groups is 2. The Kier molecular flexibility index (Phi) is 9.97. The highest BCUT2D eigenvalue weighted by Crippen LogP contribution is 2.27. The molecule has 3 N–H and O–H groups in total. The first kappa shape index (κ1) is 30.0. The minimum atomic E-state index is -0.571. The number of amidine groups is 1. The number of amides is 2. The van der Waals surface area contributed by atoms with Crippen molar-refractivity contribution in [3.8, 4) is 11.8 Å². The van der Waals surface area contributed by atoms with Crippen LogP contribution >= 0.6 is 11.6 Å². The van der Waals surface area contributed by atoms with E-state index in [2.05, 4.69) is 5.32 Å². The molecule has 1 aromatic rings. The van der Waals surface area contributed by atoms with Crippen LogP contribution in [0.15, 0.2) is 30.4 Å². The molecule has 0 unspecified atom stereocenters. The molecule has 2 amide bonds. The minimum Gasteiger partial charge on any atom is -0.490 e. The van der Waals surface area contributed by atoms with E-state index in [0.717, 1.165) is 12.8 Å². The van der Waals surface area contributed by atoms with E-state index in [4.69, 9.17) is 37.2 Å². The Bertz CT molecular complexity index is 1160. The molecule has 2 fully saturated rings. The van der Waals surface area contributed by atoms with E-state index in [-0.39, 0.29) is 35.8 Å². The fourth-order valence-corrected chi connectivity index (χ4v) is 4.76. The van der Waals surface area contributed by atoms with Gasteiger partial charge in [-0.1, -0.05) is 11.6 Å². The first-order chi connectivity index (χ1) is 18.4. The van der Waals surface area contributed by atoms with Gasteiger partial charge in [-0.15, -0.1) is 0 Å². The maximum Gasteiger partial charge on any atom is 0.410 e. The standard InChI is InChI=1S/C28H37ClN6O4/c1-18-17-34(13-14-35(18)27(37)39-28(2,3)4)25(32)12-11-24(31)26(36)33-20-6-9-21(10-7-20)38-22-8-5-19(16-30)23(29)15-22/h5,8,11-12,15,18,20-21,31-32H,6-7,9-10,13-14,17H2,1-4H3,(H,33,36)/b12-11-,31-24?,32-25?/t18-,20?,21?/m1/s1. The number of ether oxygens (including phenoxy) is 2. The highest BCUT2D eigenvalue weighted by Gasteiger charge is 2.31. The molecule has 39 heavy (non-hydrogen) atoms. The van der Waals surface area contributed by atoms with Crippen LogP contribution < -0.4 is 10.1 Å². The van der Waals surface area contributed by atoms with Crippen LogP contribution in [0.2, 0.25) is 5.02 Å². The van der Waals surface area contributed by atoms with Gasteiger partial charge >= 0.3 is 6.09 Å². The fraction of sp³-hybridized carbons (Fsp3) is 0.536. The van der Waals surface area contributed by atoms with Crippen molar-refractivity contribution >= 4 is 35.1 Å². The Hall–Kier alpha value is -3.58. The second-order valence-electron chi connectivity index (χ2n) is 10.9. The number of benzene rings is 1. The van der Waals surface area contributed by atoms with Gasteiger partial charge < -0.3 is 24.6 Å². The molecule has 1 saturated heterocycles. The van der Waals surface area contributed by atoms with Crippen molar-refractivity contribution in [2.24, 2.45) is 0 Å². The molecule has 10 nitrogen and oxygen atoms in total. The van der Waals surface area contributed by atoms with Crippen molar-refractivity contribution in [1.82, 2.24) is 15.1 Å². The molecule has 1 aromatic carbocycles. The second-order valence-corrected chi connectivity index (χ2v) is 11.3. The zero-order chi connectivity index (χ0) is 28.7. The molecule has 0 spiro atoms. The summed E-state index contributed by atoms with van der Waals surface area (Å²) in [4.78, 5) is 28.4. The van der Waals surface area contributed by atoms with Crippen molar-refractivity contribution in [3.05, 3.63) is 40.9 Å². The third-order valence-corrected chi connectivity index (χ3v) is 6.93. The van der Waals surface area contributed by atoms with Crippen LogP contribution in [-0.4, -0.2) is 76.8 Å². The quantitative estimate of drug-likeness (QED) is 0.347. The fourth-order valence-electron chi connectivity index (χ4n) is 4.55. The summed E-state index contributed by atoms with van der Waals surface area (Å²) >= 11 is 6.08. The van der Waals surface area contributed by atoms with Crippen molar-refractivity contribution in [1.29, 1.82) is 16.1 Å². The monoisotopic (exact) mass is 556 g/mol. The van der Waals surface area contributed by atoms with Crippen molar-refractivity contribution < 1.29 is 19.1 Å². The van der Waals surface area contributed by atoms with Gasteiger partial charge in [0.1, 0.15) is 29.0 Å². The summed E-state index contributed by atoms with van der Waals surface area (Å²) in [5.74, 6) is 0.315. The Morgan fingerprint density at radius 2 is 1.85 bits per heavy atom. The predicted molar refractivity (Wildman–Crippen MR) is 150 cm³/mol. The summed E-state index contributed by atoms with van der Waals surface area (Å²) in [5.41, 5.74) is -0.388. The SMILES string of the molecule is C[C@@H]1CN(C(=N)/C=C\C(=N)C(=O)NC2CCC(Oc3ccc(C#N)c(Cl)c3)CC2)CCN1C(=O)OC(C)(C)C. The van der Waals surface area contributed by atoms with Gasteiger partial charge in [-0.25, -0.2) is 4.79 Å². The number of hydrogen-bond acceptors (Lipinski definition) is 7. The lowest BCUT2D eigenvalue weighted by atomic mass is 9.92. The van der Waals surface area contributed by atoms with Crippen LogP contribution in [0.3, 0.4) is 0 Å². The zero-order valence-electron chi connectivity index (χ0n) is 22.9. The smallest absolute Gasteiger partial charge is 0.410 e. The van der Waals surface area contributed by atoms with E-state index in [1.807, 2.05) is 38.7 Å². The predicted octanol–water partition coefficient (Wildman–Crippen LogP) is 4.51. The molecular weight excluding hydrogens is 520 g/mol. The minimum absolute atomic E-state index is 0.0137. The number of nitrogens with zero attached hydrogens (tertiary/aromatic N) is 3. The summed E-state index contributed by atoms with van der Waals surface area (Å²) in [5, 5.41) is 28.8. The second kappa shape index (κ2) is 13.0. The number of halogens is 1. The van der Waals surface area contributed by atoms with Crippen LogP contribution in [0.5, 0.6) is 5.75 Å². The third kappa shape index (κ3) is 8.72. The summed E-state index contributed by atoms with van der Waals surface area (Å²) in [6.45, 7) is 8.73. The molecule has 0 radical (unpaired) electrons. The normalized spacial score (nSPS) is 21.7. The number of hydrogen-bond donors (Lipinski definition) is 3. The largest absolute Gasteiger partial charge is 0.490 e. The van der Waals surface area contributed by atoms with Gasteiger partial charge in [-0.3, -0.25) is 15.6 Å². The van der Waals surface area contributed by atoms with Crippen LogP contribution in [-0.2, 0) is 9.53 Å². The average Bonchev–Trinajstić information content (AvgIpc) is 2.87. The molecular formula is C28H37ClN6O4. The van der Waals surface area contributed by atoms with Crippen LogP contribution in [0.1, 0.15) is 58.9 Å². The topological polar surface area (TPSA) is 143 Å². The molecule has 210 valence electrons. The third-order valence-electron chi connectivity index (χ3n) is 6.62. The maximum absolute atomic E-state index is 12.6. The van der Waals surface area contributed by atoms with Crippen LogP contribution in [0, 0.1) is 22.1 Å². The summed E-state index contributed by atoms with van der Waals surface area (Å²) in [6.07, 6.45) is 5.32. The molecule has 11 heteroatoms. The van der Waals surface area contributed by atoms with Gasteiger partial charge in [-0.05, 0) is 77.7 Å². The highest BCUT2D eigenvalue weighted by atomic mass is 35.5. The molecule has 1 aliphatic heterocycles. The van der Waals surface area contributed by atoms with E-state index in [9.17, 15) is 9.59 Å². The van der Waals surface area contributed by atoms with E-state index in [0.29, 0.717) is 48.8 Å². The summed E-state index contributed by atoms with van der Waals surface area (Å²) in [7, 11) is 0. The molecule has 1 heterocycles. The molecule has 2 aliphatic rings. The zero-order valence-corrected chi connectivity index (χ0v) is 23.7. The Morgan fingerprint density at radius 1 is 1.15 bits per heavy atom. The van der Waals surface area contributed by atoms with Gasteiger partial charge in [0, 0.05) is 37.8 Å². The van der Waals surface area contributed by atoms with Gasteiger partial charge in [0.2, 0.25) is 0 Å². The van der Waals surface area contributed by atoms with Gasteiger partial charge in [0.05, 0.1) is 16.7 Å². The number of nitrogens with one attached hydrogen (secondary N) is 3. The van der Waals surface area contributed by atoms with Gasteiger partial charge in [-0.2, -0.15) is 5.26 Å². The average molecular weight is 557 g/mol. The first-order valence-electron chi connectivity index (χ1n) is 13.1. The van der Waals surface area contributed by atoms with Gasteiger partial charge in [0.25, 0.3) is 5.91 Å².